The molecule has 0 bridgehead atoms. The van der Waals surface area contributed by atoms with Crippen molar-refractivity contribution in [3.63, 3.8) is 0 Å². The van der Waals surface area contributed by atoms with E-state index in [-0.39, 0.29) is 50.1 Å². The zero-order valence-corrected chi connectivity index (χ0v) is 20.8. The Morgan fingerprint density at radius 3 is 2.26 bits per heavy atom. The molecule has 35 heavy (non-hydrogen) atoms. The maximum atomic E-state index is 13.0. The summed E-state index contributed by atoms with van der Waals surface area (Å²) < 4.78 is 0. The van der Waals surface area contributed by atoms with Crippen molar-refractivity contribution in [1.29, 1.82) is 0 Å². The van der Waals surface area contributed by atoms with E-state index in [1.165, 1.54) is 6.42 Å². The summed E-state index contributed by atoms with van der Waals surface area (Å²) in [7, 11) is 0. The molecular weight excluding hydrogens is 446 g/mol. The molecule has 0 saturated heterocycles. The molecule has 1 aliphatic rings. The van der Waals surface area contributed by atoms with Crippen molar-refractivity contribution in [1.82, 2.24) is 16.0 Å². The number of nitrogens with two attached hydrogens (primary N) is 2. The molecule has 1 fully saturated rings. The van der Waals surface area contributed by atoms with Gasteiger partial charge in [0.1, 0.15) is 6.04 Å². The molecule has 1 aromatic carbocycles. The summed E-state index contributed by atoms with van der Waals surface area (Å²) in [6, 6.07) is 7.59. The molecule has 1 aromatic rings. The first-order valence-electron chi connectivity index (χ1n) is 12.7. The van der Waals surface area contributed by atoms with Gasteiger partial charge in [-0.2, -0.15) is 0 Å². The van der Waals surface area contributed by atoms with Crippen LogP contribution in [0.4, 0.5) is 0 Å². The molecule has 7 N–H and O–H groups in total. The van der Waals surface area contributed by atoms with Gasteiger partial charge in [0, 0.05) is 25.3 Å². The predicted octanol–water partition coefficient (Wildman–Crippen LogP) is 0.941. The molecular formula is C26H41N5O4. The summed E-state index contributed by atoms with van der Waals surface area (Å²) in [6.45, 7) is 1.67. The maximum Gasteiger partial charge on any atom is 0.243 e. The zero-order chi connectivity index (χ0) is 25.6. The number of ketones is 1. The number of rotatable bonds is 14. The molecule has 0 radical (unpaired) electrons. The van der Waals surface area contributed by atoms with Crippen LogP contribution in [0, 0.1) is 5.92 Å². The Morgan fingerprint density at radius 2 is 1.63 bits per heavy atom. The lowest BCUT2D eigenvalue weighted by Crippen LogP contribution is -2.52. The van der Waals surface area contributed by atoms with Gasteiger partial charge in [0.15, 0.2) is 5.78 Å². The number of hydrogen-bond donors (Lipinski definition) is 5. The molecule has 3 atom stereocenters. The van der Waals surface area contributed by atoms with E-state index < -0.39 is 23.9 Å². The van der Waals surface area contributed by atoms with Gasteiger partial charge in [0.05, 0.1) is 12.6 Å². The number of hydrogen-bond acceptors (Lipinski definition) is 6. The van der Waals surface area contributed by atoms with Gasteiger partial charge in [0.25, 0.3) is 0 Å². The molecule has 194 valence electrons. The van der Waals surface area contributed by atoms with Crippen LogP contribution in [0.2, 0.25) is 0 Å². The van der Waals surface area contributed by atoms with E-state index in [0.29, 0.717) is 12.3 Å². The second-order valence-electron chi connectivity index (χ2n) is 9.31. The van der Waals surface area contributed by atoms with Crippen LogP contribution in [0.3, 0.4) is 0 Å². The number of carbonyl (C=O) groups is 4. The highest BCUT2D eigenvalue weighted by Gasteiger charge is 2.26. The Kier molecular flexibility index (Phi) is 12.4. The monoisotopic (exact) mass is 487 g/mol. The largest absolute Gasteiger partial charge is 0.345 e. The summed E-state index contributed by atoms with van der Waals surface area (Å²) in [4.78, 5) is 50.1. The van der Waals surface area contributed by atoms with Gasteiger partial charge in [-0.15, -0.1) is 0 Å². The SMILES string of the molecule is CCC(=O)C(CCN)NC(=O)CNC(=O)C(Cc1ccccc1)NC(=O)CC(N)C1CCCCC1. The van der Waals surface area contributed by atoms with E-state index in [1.54, 1.807) is 6.92 Å². The van der Waals surface area contributed by atoms with Crippen molar-refractivity contribution in [3.05, 3.63) is 35.9 Å². The minimum Gasteiger partial charge on any atom is -0.345 e. The maximum absolute atomic E-state index is 13.0. The average molecular weight is 488 g/mol. The highest BCUT2D eigenvalue weighted by Crippen LogP contribution is 2.26. The molecule has 9 nitrogen and oxygen atoms in total. The summed E-state index contributed by atoms with van der Waals surface area (Å²) in [5.41, 5.74) is 12.7. The molecule has 0 heterocycles. The fourth-order valence-electron chi connectivity index (χ4n) is 4.52. The van der Waals surface area contributed by atoms with E-state index in [4.69, 9.17) is 11.5 Å². The normalized spacial score (nSPS) is 16.5. The first-order valence-corrected chi connectivity index (χ1v) is 12.7. The molecule has 1 aliphatic carbocycles. The van der Waals surface area contributed by atoms with Gasteiger partial charge < -0.3 is 27.4 Å². The third-order valence-electron chi connectivity index (χ3n) is 6.56. The average Bonchev–Trinajstić information content (AvgIpc) is 2.87. The highest BCUT2D eigenvalue weighted by atomic mass is 16.2. The summed E-state index contributed by atoms with van der Waals surface area (Å²) >= 11 is 0. The standard InChI is InChI=1S/C26H41N5O4/c1-2-23(32)21(13-14-27)30-25(34)17-29-26(35)22(15-18-9-5-3-6-10-18)31-24(33)16-20(28)19-11-7-4-8-12-19/h3,5-6,9-10,19-22H,2,4,7-8,11-17,27-28H2,1H3,(H,29,35)(H,30,34)(H,31,33). The van der Waals surface area contributed by atoms with E-state index in [2.05, 4.69) is 16.0 Å². The minimum absolute atomic E-state index is 0.112. The van der Waals surface area contributed by atoms with Crippen molar-refractivity contribution in [2.45, 2.75) is 82.8 Å². The minimum atomic E-state index is -0.853. The number of nitrogens with one attached hydrogen (secondary N) is 3. The Balaban J connectivity index is 1.96. The van der Waals surface area contributed by atoms with Crippen LogP contribution in [0.25, 0.3) is 0 Å². The Hall–Kier alpha value is -2.78. The fraction of sp³-hybridized carbons (Fsp3) is 0.615. The van der Waals surface area contributed by atoms with Crippen LogP contribution in [0.5, 0.6) is 0 Å². The zero-order valence-electron chi connectivity index (χ0n) is 20.8. The lowest BCUT2D eigenvalue weighted by Gasteiger charge is -2.27. The first kappa shape index (κ1) is 28.5. The third-order valence-corrected chi connectivity index (χ3v) is 6.56. The van der Waals surface area contributed by atoms with Gasteiger partial charge in [-0.05, 0) is 37.3 Å². The Bertz CT molecular complexity index is 826. The third kappa shape index (κ3) is 10.2. The lowest BCUT2D eigenvalue weighted by molar-refractivity contribution is -0.131. The van der Waals surface area contributed by atoms with E-state index >= 15 is 0 Å². The fourth-order valence-corrected chi connectivity index (χ4v) is 4.52. The topological polar surface area (TPSA) is 156 Å². The Labute approximate surface area is 208 Å². The summed E-state index contributed by atoms with van der Waals surface area (Å²) in [6.07, 6.45) is 6.60. The van der Waals surface area contributed by atoms with E-state index in [9.17, 15) is 19.2 Å². The Morgan fingerprint density at radius 1 is 0.971 bits per heavy atom. The molecule has 9 heteroatoms. The van der Waals surface area contributed by atoms with Crippen LogP contribution < -0.4 is 27.4 Å². The molecule has 0 spiro atoms. The molecule has 0 aliphatic heterocycles. The van der Waals surface area contributed by atoms with Crippen molar-refractivity contribution in [2.24, 2.45) is 17.4 Å². The smallest absolute Gasteiger partial charge is 0.243 e. The van der Waals surface area contributed by atoms with Crippen molar-refractivity contribution in [2.75, 3.05) is 13.1 Å². The molecule has 0 aromatic heterocycles. The van der Waals surface area contributed by atoms with Crippen molar-refractivity contribution >= 4 is 23.5 Å². The number of carbonyl (C=O) groups excluding carboxylic acids is 4. The van der Waals surface area contributed by atoms with Crippen LogP contribution in [0.1, 0.15) is 63.9 Å². The number of amides is 3. The van der Waals surface area contributed by atoms with Crippen LogP contribution in [0.15, 0.2) is 30.3 Å². The van der Waals surface area contributed by atoms with Crippen LogP contribution in [-0.2, 0) is 25.6 Å². The van der Waals surface area contributed by atoms with E-state index in [0.717, 1.165) is 31.2 Å². The van der Waals surface area contributed by atoms with Crippen molar-refractivity contribution < 1.29 is 19.2 Å². The molecule has 3 unspecified atom stereocenters. The molecule has 3 amide bonds. The van der Waals surface area contributed by atoms with Crippen LogP contribution >= 0.6 is 0 Å². The van der Waals surface area contributed by atoms with E-state index in [1.807, 2.05) is 30.3 Å². The lowest BCUT2D eigenvalue weighted by atomic mass is 9.83. The van der Waals surface area contributed by atoms with Gasteiger partial charge in [0.2, 0.25) is 17.7 Å². The van der Waals surface area contributed by atoms with Gasteiger partial charge in [-0.25, -0.2) is 0 Å². The number of benzene rings is 1. The second-order valence-corrected chi connectivity index (χ2v) is 9.31. The predicted molar refractivity (Wildman–Crippen MR) is 135 cm³/mol. The number of Topliss-reactive ketones (excluding diaryl/α,β-unsaturated/α-hetero) is 1. The second kappa shape index (κ2) is 15.3. The van der Waals surface area contributed by atoms with Gasteiger partial charge in [-0.1, -0.05) is 56.5 Å². The first-order chi connectivity index (χ1) is 16.8. The quantitative estimate of drug-likeness (QED) is 0.263. The van der Waals surface area contributed by atoms with Gasteiger partial charge in [-0.3, -0.25) is 19.2 Å². The summed E-state index contributed by atoms with van der Waals surface area (Å²) in [5, 5.41) is 8.03. The highest BCUT2D eigenvalue weighted by molar-refractivity contribution is 5.93. The van der Waals surface area contributed by atoms with Gasteiger partial charge >= 0.3 is 0 Å². The molecule has 1 saturated carbocycles. The van der Waals surface area contributed by atoms with Crippen LogP contribution in [-0.4, -0.2) is 54.7 Å². The molecule has 2 rings (SSSR count). The van der Waals surface area contributed by atoms with Crippen molar-refractivity contribution in [3.8, 4) is 0 Å². The summed E-state index contributed by atoms with van der Waals surface area (Å²) in [5.74, 6) is -1.02.